The third-order valence-electron chi connectivity index (χ3n) is 8.92. The standard InChI is InChI=1S/C30H61NO3S/c1-5-9-13-17-23-29(24-18-14-10-6-2)25-20-21-27-30(29,26-19-15-11-7-3)31(35(32,33)34)28-22-16-12-8-4/h5-28H2,1-4H3,(H,32,33,34). The lowest BCUT2D eigenvalue weighted by Crippen LogP contribution is -2.63. The Labute approximate surface area is 220 Å². The molecule has 0 amide bonds. The highest BCUT2D eigenvalue weighted by atomic mass is 32.2. The second kappa shape index (κ2) is 18.2. The molecule has 1 aliphatic carbocycles. The first-order chi connectivity index (χ1) is 16.8. The van der Waals surface area contributed by atoms with Crippen LogP contribution < -0.4 is 0 Å². The molecule has 1 fully saturated rings. The van der Waals surface area contributed by atoms with E-state index in [1.807, 2.05) is 0 Å². The van der Waals surface area contributed by atoms with Gasteiger partial charge in [0.25, 0.3) is 0 Å². The first-order valence-corrected chi connectivity index (χ1v) is 17.0. The zero-order valence-corrected chi connectivity index (χ0v) is 24.9. The molecule has 4 nitrogen and oxygen atoms in total. The van der Waals surface area contributed by atoms with Gasteiger partial charge in [0.15, 0.2) is 0 Å². The van der Waals surface area contributed by atoms with Crippen molar-refractivity contribution in [3.63, 3.8) is 0 Å². The average molecular weight is 516 g/mol. The highest BCUT2D eigenvalue weighted by Crippen LogP contribution is 2.57. The van der Waals surface area contributed by atoms with Crippen LogP contribution in [0.2, 0.25) is 0 Å². The zero-order valence-electron chi connectivity index (χ0n) is 24.1. The van der Waals surface area contributed by atoms with E-state index in [-0.39, 0.29) is 5.41 Å². The maximum Gasteiger partial charge on any atom is 0.336 e. The fraction of sp³-hybridized carbons (Fsp3) is 1.00. The Bertz CT molecular complexity index is 609. The summed E-state index contributed by atoms with van der Waals surface area (Å²) in [6.45, 7) is 9.43. The van der Waals surface area contributed by atoms with E-state index in [2.05, 4.69) is 27.7 Å². The van der Waals surface area contributed by atoms with E-state index in [0.717, 1.165) is 77.0 Å². The summed E-state index contributed by atoms with van der Waals surface area (Å²) >= 11 is 0. The SMILES string of the molecule is CCCCCCN(C1(CCCCCC)CCCCC1(CCCCCC)CCCCCC)S(=O)(=O)O. The third kappa shape index (κ3) is 10.6. The Kier molecular flexibility index (Phi) is 17.1. The van der Waals surface area contributed by atoms with Gasteiger partial charge in [0.2, 0.25) is 0 Å². The van der Waals surface area contributed by atoms with Crippen molar-refractivity contribution in [2.24, 2.45) is 5.41 Å². The summed E-state index contributed by atoms with van der Waals surface area (Å²) in [6, 6.07) is 0. The van der Waals surface area contributed by atoms with E-state index >= 15 is 0 Å². The van der Waals surface area contributed by atoms with Gasteiger partial charge in [0, 0.05) is 12.1 Å². The highest BCUT2D eigenvalue weighted by molar-refractivity contribution is 7.83. The van der Waals surface area contributed by atoms with E-state index in [9.17, 15) is 13.0 Å². The molecule has 0 heterocycles. The van der Waals surface area contributed by atoms with Gasteiger partial charge >= 0.3 is 10.3 Å². The minimum Gasteiger partial charge on any atom is -0.273 e. The Morgan fingerprint density at radius 3 is 1.49 bits per heavy atom. The van der Waals surface area contributed by atoms with E-state index < -0.39 is 15.8 Å². The zero-order chi connectivity index (χ0) is 26.0. The number of rotatable bonds is 22. The predicted molar refractivity (Wildman–Crippen MR) is 152 cm³/mol. The molecule has 0 saturated heterocycles. The van der Waals surface area contributed by atoms with Crippen LogP contribution in [0.25, 0.3) is 0 Å². The summed E-state index contributed by atoms with van der Waals surface area (Å²) in [4.78, 5) is 0. The molecular weight excluding hydrogens is 454 g/mol. The Hall–Kier alpha value is -0.130. The van der Waals surface area contributed by atoms with Gasteiger partial charge in [-0.15, -0.1) is 0 Å². The molecule has 1 atom stereocenters. The quantitative estimate of drug-likeness (QED) is 0.115. The van der Waals surface area contributed by atoms with Crippen LogP contribution in [-0.2, 0) is 10.3 Å². The molecule has 0 aromatic rings. The first-order valence-electron chi connectivity index (χ1n) is 15.6. The van der Waals surface area contributed by atoms with Crippen LogP contribution in [0.4, 0.5) is 0 Å². The summed E-state index contributed by atoms with van der Waals surface area (Å²) in [5.74, 6) is 0. The molecule has 1 rings (SSSR count). The summed E-state index contributed by atoms with van der Waals surface area (Å²) in [6.07, 6.45) is 26.1. The lowest BCUT2D eigenvalue weighted by Gasteiger charge is -2.58. The van der Waals surface area contributed by atoms with Crippen LogP contribution in [0, 0.1) is 5.41 Å². The smallest absolute Gasteiger partial charge is 0.273 e. The first kappa shape index (κ1) is 32.9. The van der Waals surface area contributed by atoms with Crippen molar-refractivity contribution in [3.8, 4) is 0 Å². The molecule has 0 aliphatic heterocycles. The van der Waals surface area contributed by atoms with E-state index in [4.69, 9.17) is 0 Å². The van der Waals surface area contributed by atoms with Crippen LogP contribution in [0.3, 0.4) is 0 Å². The van der Waals surface area contributed by atoms with Gasteiger partial charge in [-0.25, -0.2) is 0 Å². The lowest BCUT2D eigenvalue weighted by atomic mass is 9.55. The van der Waals surface area contributed by atoms with Crippen molar-refractivity contribution in [1.29, 1.82) is 0 Å². The number of hydrogen-bond donors (Lipinski definition) is 1. The Morgan fingerprint density at radius 2 is 1.03 bits per heavy atom. The normalized spacial score (nSPS) is 20.5. The molecule has 1 unspecified atom stereocenters. The summed E-state index contributed by atoms with van der Waals surface area (Å²) in [5, 5.41) is 0. The monoisotopic (exact) mass is 515 g/mol. The van der Waals surface area contributed by atoms with Crippen LogP contribution in [0.5, 0.6) is 0 Å². The van der Waals surface area contributed by atoms with E-state index in [0.29, 0.717) is 6.54 Å². The second-order valence-corrected chi connectivity index (χ2v) is 12.9. The van der Waals surface area contributed by atoms with Crippen LogP contribution in [-0.4, -0.2) is 29.4 Å². The van der Waals surface area contributed by atoms with Gasteiger partial charge in [-0.1, -0.05) is 137 Å². The topological polar surface area (TPSA) is 57.6 Å². The molecule has 0 spiro atoms. The van der Waals surface area contributed by atoms with Crippen LogP contribution in [0.1, 0.15) is 175 Å². The maximum absolute atomic E-state index is 13.1. The molecular formula is C30H61NO3S. The van der Waals surface area contributed by atoms with E-state index in [1.54, 1.807) is 4.31 Å². The summed E-state index contributed by atoms with van der Waals surface area (Å²) in [7, 11) is -4.26. The molecule has 210 valence electrons. The van der Waals surface area contributed by atoms with Gasteiger partial charge in [0.05, 0.1) is 0 Å². The maximum atomic E-state index is 13.1. The number of unbranched alkanes of at least 4 members (excludes halogenated alkanes) is 12. The predicted octanol–water partition coefficient (Wildman–Crippen LogP) is 9.88. The Morgan fingerprint density at radius 1 is 0.600 bits per heavy atom. The van der Waals surface area contributed by atoms with Gasteiger partial charge in [-0.2, -0.15) is 12.7 Å². The number of hydrogen-bond acceptors (Lipinski definition) is 2. The van der Waals surface area contributed by atoms with Crippen molar-refractivity contribution < 1.29 is 13.0 Å². The van der Waals surface area contributed by atoms with Crippen LogP contribution >= 0.6 is 0 Å². The van der Waals surface area contributed by atoms with Crippen molar-refractivity contribution >= 4 is 10.3 Å². The number of nitrogens with zero attached hydrogens (tertiary/aromatic N) is 1. The van der Waals surface area contributed by atoms with Crippen LogP contribution in [0.15, 0.2) is 0 Å². The van der Waals surface area contributed by atoms with Gasteiger partial charge in [-0.05, 0) is 43.9 Å². The molecule has 1 N–H and O–H groups in total. The fourth-order valence-electron chi connectivity index (χ4n) is 6.98. The molecule has 35 heavy (non-hydrogen) atoms. The molecule has 0 aromatic carbocycles. The molecule has 0 aromatic heterocycles. The van der Waals surface area contributed by atoms with Gasteiger partial charge < -0.3 is 0 Å². The van der Waals surface area contributed by atoms with E-state index in [1.165, 1.54) is 70.6 Å². The average Bonchev–Trinajstić information content (AvgIpc) is 2.83. The highest BCUT2D eigenvalue weighted by Gasteiger charge is 2.57. The summed E-state index contributed by atoms with van der Waals surface area (Å²) in [5.41, 5.74) is -0.420. The molecule has 0 bridgehead atoms. The lowest BCUT2D eigenvalue weighted by molar-refractivity contribution is -0.0542. The largest absolute Gasteiger partial charge is 0.336 e. The Balaban J connectivity index is 3.42. The third-order valence-corrected chi connectivity index (χ3v) is 10.0. The van der Waals surface area contributed by atoms with Crippen molar-refractivity contribution in [3.05, 3.63) is 0 Å². The van der Waals surface area contributed by atoms with Crippen molar-refractivity contribution in [2.75, 3.05) is 6.54 Å². The molecule has 0 radical (unpaired) electrons. The second-order valence-electron chi connectivity index (χ2n) is 11.6. The fourth-order valence-corrected chi connectivity index (χ4v) is 8.16. The minimum absolute atomic E-state index is 0.000492. The summed E-state index contributed by atoms with van der Waals surface area (Å²) < 4.78 is 38.6. The van der Waals surface area contributed by atoms with Crippen molar-refractivity contribution in [1.82, 2.24) is 4.31 Å². The van der Waals surface area contributed by atoms with Gasteiger partial charge in [0.1, 0.15) is 0 Å². The molecule has 1 aliphatic rings. The molecule has 1 saturated carbocycles. The van der Waals surface area contributed by atoms with Gasteiger partial charge in [-0.3, -0.25) is 4.55 Å². The minimum atomic E-state index is -4.26. The molecule has 5 heteroatoms. The van der Waals surface area contributed by atoms with Crippen molar-refractivity contribution in [2.45, 2.75) is 181 Å².